The number of anilines is 1. The van der Waals surface area contributed by atoms with Crippen molar-refractivity contribution in [1.29, 1.82) is 0 Å². The molecule has 1 aliphatic rings. The summed E-state index contributed by atoms with van der Waals surface area (Å²) in [4.78, 5) is 16.4. The van der Waals surface area contributed by atoms with Crippen LogP contribution in [0.25, 0.3) is 0 Å². The van der Waals surface area contributed by atoms with E-state index in [4.69, 9.17) is 0 Å². The number of amides is 1. The highest BCUT2D eigenvalue weighted by atomic mass is 16.1. The van der Waals surface area contributed by atoms with Crippen molar-refractivity contribution in [2.45, 2.75) is 65.5 Å². The number of aliphatic imine (C=N–C) groups is 1. The average Bonchev–Trinajstić information content (AvgIpc) is 2.55. The summed E-state index contributed by atoms with van der Waals surface area (Å²) >= 11 is 0. The number of benzene rings is 1. The number of hydrogen-bond acceptors (Lipinski definition) is 2. The lowest BCUT2D eigenvalue weighted by atomic mass is 9.85. The van der Waals surface area contributed by atoms with Gasteiger partial charge in [-0.3, -0.25) is 9.79 Å². The zero-order valence-corrected chi connectivity index (χ0v) is 16.6. The molecular weight excluding hydrogens is 324 g/mol. The molecule has 1 amide bonds. The van der Waals surface area contributed by atoms with E-state index in [1.54, 1.807) is 7.05 Å². The van der Waals surface area contributed by atoms with Gasteiger partial charge in [0.2, 0.25) is 5.91 Å². The number of carbonyl (C=O) groups is 1. The summed E-state index contributed by atoms with van der Waals surface area (Å²) in [5.41, 5.74) is 1.99. The number of hydrogen-bond donors (Lipinski definition) is 3. The van der Waals surface area contributed by atoms with Crippen LogP contribution in [0.4, 0.5) is 5.69 Å². The standard InChI is InChI=1S/C21H34N4O/c1-15(2)11-12-16(3)24-21(22-4)23-14-17-7-5-10-19(13-17)25-20(26)18-8-6-9-18/h5,7,10,13,15-16,18H,6,8-9,11-12,14H2,1-4H3,(H,25,26)(H2,22,23,24). The van der Waals surface area contributed by atoms with E-state index in [1.807, 2.05) is 18.2 Å². The van der Waals surface area contributed by atoms with Gasteiger partial charge >= 0.3 is 0 Å². The maximum Gasteiger partial charge on any atom is 0.227 e. The van der Waals surface area contributed by atoms with E-state index in [0.29, 0.717) is 18.5 Å². The first kappa shape index (κ1) is 20.3. The van der Waals surface area contributed by atoms with Crippen molar-refractivity contribution in [3.8, 4) is 0 Å². The summed E-state index contributed by atoms with van der Waals surface area (Å²) in [7, 11) is 1.79. The smallest absolute Gasteiger partial charge is 0.227 e. The minimum absolute atomic E-state index is 0.151. The van der Waals surface area contributed by atoms with E-state index in [2.05, 4.69) is 47.8 Å². The van der Waals surface area contributed by atoms with Crippen molar-refractivity contribution >= 4 is 17.6 Å². The van der Waals surface area contributed by atoms with Gasteiger partial charge in [-0.05, 0) is 56.2 Å². The van der Waals surface area contributed by atoms with E-state index < -0.39 is 0 Å². The minimum Gasteiger partial charge on any atom is -0.354 e. The molecule has 26 heavy (non-hydrogen) atoms. The Hall–Kier alpha value is -2.04. The molecule has 144 valence electrons. The predicted molar refractivity (Wildman–Crippen MR) is 109 cm³/mol. The Bertz CT molecular complexity index is 608. The van der Waals surface area contributed by atoms with Gasteiger partial charge in [-0.2, -0.15) is 0 Å². The molecule has 0 bridgehead atoms. The van der Waals surface area contributed by atoms with Gasteiger partial charge in [0.15, 0.2) is 5.96 Å². The molecular formula is C21H34N4O. The molecule has 1 unspecified atom stereocenters. The zero-order chi connectivity index (χ0) is 18.9. The first-order chi connectivity index (χ1) is 12.5. The Morgan fingerprint density at radius 1 is 1.23 bits per heavy atom. The Balaban J connectivity index is 1.81. The van der Waals surface area contributed by atoms with Crippen LogP contribution in [0.5, 0.6) is 0 Å². The fourth-order valence-corrected chi connectivity index (χ4v) is 2.94. The highest BCUT2D eigenvalue weighted by Crippen LogP contribution is 2.27. The summed E-state index contributed by atoms with van der Waals surface area (Å²) in [6, 6.07) is 8.40. The highest BCUT2D eigenvalue weighted by Gasteiger charge is 2.25. The molecule has 5 heteroatoms. The fourth-order valence-electron chi connectivity index (χ4n) is 2.94. The first-order valence-corrected chi connectivity index (χ1v) is 9.85. The quantitative estimate of drug-likeness (QED) is 0.487. The molecule has 1 aromatic rings. The topological polar surface area (TPSA) is 65.5 Å². The molecule has 1 atom stereocenters. The van der Waals surface area contributed by atoms with Gasteiger partial charge in [0.25, 0.3) is 0 Å². The van der Waals surface area contributed by atoms with E-state index >= 15 is 0 Å². The second kappa shape index (κ2) is 10.2. The molecule has 0 aromatic heterocycles. The van der Waals surface area contributed by atoms with Gasteiger partial charge in [0.05, 0.1) is 0 Å². The summed E-state index contributed by atoms with van der Waals surface area (Å²) in [5, 5.41) is 9.83. The molecule has 1 fully saturated rings. The third-order valence-electron chi connectivity index (χ3n) is 4.91. The van der Waals surface area contributed by atoms with Gasteiger partial charge in [0.1, 0.15) is 0 Å². The molecule has 1 aliphatic carbocycles. The van der Waals surface area contributed by atoms with E-state index in [-0.39, 0.29) is 11.8 Å². The summed E-state index contributed by atoms with van der Waals surface area (Å²) in [5.74, 6) is 1.88. The Kier molecular flexibility index (Phi) is 7.95. The van der Waals surface area contributed by atoms with Crippen LogP contribution in [0, 0.1) is 11.8 Å². The second-order valence-electron chi connectivity index (χ2n) is 7.76. The maximum absolute atomic E-state index is 12.1. The van der Waals surface area contributed by atoms with Crippen LogP contribution in [0.3, 0.4) is 0 Å². The number of nitrogens with zero attached hydrogens (tertiary/aromatic N) is 1. The number of rotatable bonds is 8. The molecule has 3 N–H and O–H groups in total. The summed E-state index contributed by atoms with van der Waals surface area (Å²) in [6.07, 6.45) is 5.53. The fraction of sp³-hybridized carbons (Fsp3) is 0.619. The molecule has 0 aliphatic heterocycles. The molecule has 2 rings (SSSR count). The summed E-state index contributed by atoms with van der Waals surface area (Å²) < 4.78 is 0. The molecule has 5 nitrogen and oxygen atoms in total. The van der Waals surface area contributed by atoms with Crippen LogP contribution < -0.4 is 16.0 Å². The third kappa shape index (κ3) is 6.70. The van der Waals surface area contributed by atoms with Gasteiger partial charge in [-0.1, -0.05) is 32.4 Å². The van der Waals surface area contributed by atoms with Gasteiger partial charge in [-0.25, -0.2) is 0 Å². The second-order valence-corrected chi connectivity index (χ2v) is 7.76. The molecule has 0 radical (unpaired) electrons. The summed E-state index contributed by atoms with van der Waals surface area (Å²) in [6.45, 7) is 7.35. The van der Waals surface area contributed by atoms with E-state index in [0.717, 1.165) is 36.5 Å². The van der Waals surface area contributed by atoms with Crippen LogP contribution >= 0.6 is 0 Å². The highest BCUT2D eigenvalue weighted by molar-refractivity contribution is 5.93. The lowest BCUT2D eigenvalue weighted by molar-refractivity contribution is -0.122. The lowest BCUT2D eigenvalue weighted by Crippen LogP contribution is -2.41. The molecule has 1 saturated carbocycles. The van der Waals surface area contributed by atoms with Crippen molar-refractivity contribution in [3.63, 3.8) is 0 Å². The monoisotopic (exact) mass is 358 g/mol. The number of carbonyl (C=O) groups excluding carboxylic acids is 1. The number of nitrogens with one attached hydrogen (secondary N) is 3. The normalized spacial score (nSPS) is 16.1. The van der Waals surface area contributed by atoms with Crippen molar-refractivity contribution in [2.24, 2.45) is 16.8 Å². The van der Waals surface area contributed by atoms with Crippen LogP contribution in [0.1, 0.15) is 58.4 Å². The molecule has 1 aromatic carbocycles. The van der Waals surface area contributed by atoms with Crippen molar-refractivity contribution in [3.05, 3.63) is 29.8 Å². The molecule has 0 spiro atoms. The van der Waals surface area contributed by atoms with Crippen LogP contribution in [-0.4, -0.2) is 25.0 Å². The van der Waals surface area contributed by atoms with E-state index in [1.165, 1.54) is 12.8 Å². The van der Waals surface area contributed by atoms with Crippen molar-refractivity contribution < 1.29 is 4.79 Å². The third-order valence-corrected chi connectivity index (χ3v) is 4.91. The SMILES string of the molecule is CN=C(NCc1cccc(NC(=O)C2CCC2)c1)NC(C)CCC(C)C. The molecule has 0 saturated heterocycles. The Labute approximate surface area is 158 Å². The van der Waals surface area contributed by atoms with E-state index in [9.17, 15) is 4.79 Å². The maximum atomic E-state index is 12.1. The van der Waals surface area contributed by atoms with Crippen LogP contribution in [0.2, 0.25) is 0 Å². The van der Waals surface area contributed by atoms with Gasteiger partial charge in [0, 0.05) is 31.2 Å². The largest absolute Gasteiger partial charge is 0.354 e. The van der Waals surface area contributed by atoms with Crippen LogP contribution in [-0.2, 0) is 11.3 Å². The number of guanidine groups is 1. The Morgan fingerprint density at radius 3 is 2.62 bits per heavy atom. The van der Waals surface area contributed by atoms with Gasteiger partial charge in [-0.15, -0.1) is 0 Å². The van der Waals surface area contributed by atoms with Crippen LogP contribution in [0.15, 0.2) is 29.3 Å². The average molecular weight is 359 g/mol. The first-order valence-electron chi connectivity index (χ1n) is 9.85. The van der Waals surface area contributed by atoms with Crippen molar-refractivity contribution in [1.82, 2.24) is 10.6 Å². The molecule has 0 heterocycles. The van der Waals surface area contributed by atoms with Crippen molar-refractivity contribution in [2.75, 3.05) is 12.4 Å². The lowest BCUT2D eigenvalue weighted by Gasteiger charge is -2.24. The zero-order valence-electron chi connectivity index (χ0n) is 16.6. The minimum atomic E-state index is 0.151. The van der Waals surface area contributed by atoms with Gasteiger partial charge < -0.3 is 16.0 Å². The Morgan fingerprint density at radius 2 is 2.00 bits per heavy atom. The predicted octanol–water partition coefficient (Wildman–Crippen LogP) is 3.91.